The Bertz CT molecular complexity index is 383. The number of aliphatic hydroxyl groups is 4. The van der Waals surface area contributed by atoms with Crippen LogP contribution in [-0.4, -0.2) is 59.7 Å². The van der Waals surface area contributed by atoms with Crippen molar-refractivity contribution in [3.8, 4) is 0 Å². The lowest BCUT2D eigenvalue weighted by Crippen LogP contribution is -2.85. The first-order valence-electron chi connectivity index (χ1n) is 5.48. The zero-order valence-corrected chi connectivity index (χ0v) is 11.1. The minimum Gasteiger partial charge on any atom is -0.479 e. The van der Waals surface area contributed by atoms with Gasteiger partial charge in [-0.2, -0.15) is 0 Å². The second kappa shape index (κ2) is 3.43. The maximum atomic E-state index is 11.3. The van der Waals surface area contributed by atoms with E-state index in [1.807, 2.05) is 0 Å². The Labute approximate surface area is 105 Å². The van der Waals surface area contributed by atoms with E-state index < -0.39 is 34.2 Å². The van der Waals surface area contributed by atoms with Gasteiger partial charge in [-0.25, -0.2) is 4.79 Å². The molecule has 0 aromatic carbocycles. The van der Waals surface area contributed by atoms with Gasteiger partial charge in [0, 0.05) is 0 Å². The van der Waals surface area contributed by atoms with Gasteiger partial charge in [0.05, 0.1) is 0 Å². The van der Waals surface area contributed by atoms with E-state index >= 15 is 0 Å². The van der Waals surface area contributed by atoms with Crippen molar-refractivity contribution >= 4 is 5.97 Å². The van der Waals surface area contributed by atoms with Crippen LogP contribution in [0.3, 0.4) is 0 Å². The Morgan fingerprint density at radius 1 is 0.833 bits per heavy atom. The number of rotatable bonds is 1. The standard InChI is InChI=1S/C11H20O7/c1-7(6(12)13)8(2,14)9(3,15)10(4,16)11(5,17)18-7/h14-17H,1-5H3,(H,12,13). The first kappa shape index (κ1) is 15.3. The molecule has 1 fully saturated rings. The molecule has 1 heterocycles. The molecule has 7 nitrogen and oxygen atoms in total. The van der Waals surface area contributed by atoms with E-state index in [-0.39, 0.29) is 0 Å². The third-order valence-electron chi connectivity index (χ3n) is 4.54. The monoisotopic (exact) mass is 264 g/mol. The van der Waals surface area contributed by atoms with E-state index in [0.717, 1.165) is 34.6 Å². The van der Waals surface area contributed by atoms with Crippen LogP contribution in [0.1, 0.15) is 34.6 Å². The maximum absolute atomic E-state index is 11.3. The summed E-state index contributed by atoms with van der Waals surface area (Å²) in [4.78, 5) is 11.3. The van der Waals surface area contributed by atoms with Crippen molar-refractivity contribution in [3.63, 3.8) is 0 Å². The highest BCUT2D eigenvalue weighted by molar-refractivity contribution is 5.79. The van der Waals surface area contributed by atoms with Crippen molar-refractivity contribution in [2.45, 2.75) is 62.8 Å². The Hall–Kier alpha value is -0.730. The minimum atomic E-state index is -2.36. The molecule has 0 spiro atoms. The second-order valence-corrected chi connectivity index (χ2v) is 5.64. The lowest BCUT2D eigenvalue weighted by atomic mass is 9.61. The smallest absolute Gasteiger partial charge is 0.338 e. The lowest BCUT2D eigenvalue weighted by Gasteiger charge is -2.62. The zero-order chi connectivity index (χ0) is 14.8. The highest BCUT2D eigenvalue weighted by Crippen LogP contribution is 2.52. The molecule has 18 heavy (non-hydrogen) atoms. The quantitative estimate of drug-likeness (QED) is 0.403. The largest absolute Gasteiger partial charge is 0.479 e. The Morgan fingerprint density at radius 3 is 1.56 bits per heavy atom. The summed E-state index contributed by atoms with van der Waals surface area (Å²) in [5.74, 6) is -3.92. The first-order chi connectivity index (χ1) is 7.65. The molecule has 1 aliphatic rings. The highest BCUT2D eigenvalue weighted by atomic mass is 16.7. The van der Waals surface area contributed by atoms with Crippen LogP contribution in [0.2, 0.25) is 0 Å². The summed E-state index contributed by atoms with van der Waals surface area (Å²) >= 11 is 0. The fourth-order valence-corrected chi connectivity index (χ4v) is 2.24. The molecule has 0 aliphatic carbocycles. The van der Waals surface area contributed by atoms with Crippen molar-refractivity contribution in [1.82, 2.24) is 0 Å². The van der Waals surface area contributed by atoms with Crippen LogP contribution in [-0.2, 0) is 9.53 Å². The molecule has 5 atom stereocenters. The molecule has 0 bridgehead atoms. The van der Waals surface area contributed by atoms with Gasteiger partial charge in [-0.05, 0) is 34.6 Å². The van der Waals surface area contributed by atoms with Crippen molar-refractivity contribution in [2.75, 3.05) is 0 Å². The number of hydrogen-bond acceptors (Lipinski definition) is 6. The topological polar surface area (TPSA) is 127 Å². The summed E-state index contributed by atoms with van der Waals surface area (Å²) in [5, 5.41) is 50.1. The number of carbonyl (C=O) groups is 1. The number of ether oxygens (including phenoxy) is 1. The molecule has 7 heteroatoms. The van der Waals surface area contributed by atoms with Crippen molar-refractivity contribution in [2.24, 2.45) is 0 Å². The Morgan fingerprint density at radius 2 is 1.22 bits per heavy atom. The third-order valence-corrected chi connectivity index (χ3v) is 4.54. The van der Waals surface area contributed by atoms with E-state index in [1.54, 1.807) is 0 Å². The predicted octanol–water partition coefficient (Wildman–Crippen LogP) is -1.18. The maximum Gasteiger partial charge on any atom is 0.338 e. The fourth-order valence-electron chi connectivity index (χ4n) is 2.24. The summed E-state index contributed by atoms with van der Waals surface area (Å²) in [6.45, 7) is 5.18. The number of carboxylic acids is 1. The lowest BCUT2D eigenvalue weighted by molar-refractivity contribution is -0.438. The average Bonchev–Trinajstić information content (AvgIpc) is 2.13. The molecule has 5 N–H and O–H groups in total. The van der Waals surface area contributed by atoms with Gasteiger partial charge in [0.25, 0.3) is 0 Å². The van der Waals surface area contributed by atoms with E-state index in [2.05, 4.69) is 0 Å². The summed E-state index contributed by atoms with van der Waals surface area (Å²) in [7, 11) is 0. The number of carboxylic acid groups (broad SMARTS) is 1. The van der Waals surface area contributed by atoms with Gasteiger partial charge >= 0.3 is 5.97 Å². The summed E-state index contributed by atoms with van der Waals surface area (Å²) in [6, 6.07) is 0. The van der Waals surface area contributed by atoms with E-state index in [0.29, 0.717) is 0 Å². The molecular weight excluding hydrogens is 244 g/mol. The van der Waals surface area contributed by atoms with Gasteiger partial charge in [-0.1, -0.05) is 0 Å². The van der Waals surface area contributed by atoms with E-state index in [4.69, 9.17) is 4.74 Å². The summed E-state index contributed by atoms with van der Waals surface area (Å²) in [6.07, 6.45) is 0. The second-order valence-electron chi connectivity index (χ2n) is 5.64. The van der Waals surface area contributed by atoms with E-state index in [1.165, 1.54) is 0 Å². The molecule has 5 unspecified atom stereocenters. The van der Waals surface area contributed by atoms with Crippen LogP contribution in [0.25, 0.3) is 0 Å². The van der Waals surface area contributed by atoms with Crippen LogP contribution < -0.4 is 0 Å². The molecule has 1 saturated heterocycles. The van der Waals surface area contributed by atoms with Crippen molar-refractivity contribution in [3.05, 3.63) is 0 Å². The Kier molecular flexibility index (Phi) is 2.92. The molecule has 0 saturated carbocycles. The van der Waals surface area contributed by atoms with Crippen LogP contribution in [0, 0.1) is 0 Å². The molecule has 0 amide bonds. The molecule has 0 aromatic heterocycles. The van der Waals surface area contributed by atoms with Crippen molar-refractivity contribution in [1.29, 1.82) is 0 Å². The molecule has 0 radical (unpaired) electrons. The molecule has 106 valence electrons. The van der Waals surface area contributed by atoms with E-state index in [9.17, 15) is 30.3 Å². The van der Waals surface area contributed by atoms with Gasteiger partial charge in [0.1, 0.15) is 16.8 Å². The number of hydrogen-bond donors (Lipinski definition) is 5. The summed E-state index contributed by atoms with van der Waals surface area (Å²) < 4.78 is 4.98. The summed E-state index contributed by atoms with van der Waals surface area (Å²) in [5.41, 5.74) is -9.23. The average molecular weight is 264 g/mol. The zero-order valence-electron chi connectivity index (χ0n) is 11.1. The van der Waals surface area contributed by atoms with Gasteiger partial charge in [-0.3, -0.25) is 0 Å². The molecule has 1 aliphatic heterocycles. The van der Waals surface area contributed by atoms with Gasteiger partial charge in [-0.15, -0.1) is 0 Å². The normalized spacial score (nSPS) is 57.4. The first-order valence-corrected chi connectivity index (χ1v) is 5.48. The molecule has 1 rings (SSSR count). The Balaban J connectivity index is 3.57. The van der Waals surface area contributed by atoms with Crippen LogP contribution in [0.15, 0.2) is 0 Å². The van der Waals surface area contributed by atoms with Gasteiger partial charge in [0.2, 0.25) is 0 Å². The van der Waals surface area contributed by atoms with Gasteiger partial charge in [0.15, 0.2) is 11.4 Å². The molecule has 0 aromatic rings. The van der Waals surface area contributed by atoms with Crippen LogP contribution >= 0.6 is 0 Å². The van der Waals surface area contributed by atoms with Gasteiger partial charge < -0.3 is 30.3 Å². The fraction of sp³-hybridized carbons (Fsp3) is 0.909. The SMILES string of the molecule is CC1(O)OC(C)(C(=O)O)C(C)(O)C(C)(O)C1(C)O. The van der Waals surface area contributed by atoms with Crippen LogP contribution in [0.5, 0.6) is 0 Å². The minimum absolute atomic E-state index is 1.02. The third kappa shape index (κ3) is 1.39. The van der Waals surface area contributed by atoms with Crippen LogP contribution in [0.4, 0.5) is 0 Å². The predicted molar refractivity (Wildman–Crippen MR) is 59.6 cm³/mol. The van der Waals surface area contributed by atoms with Crippen molar-refractivity contribution < 1.29 is 35.1 Å². The molecular formula is C11H20O7. The highest BCUT2D eigenvalue weighted by Gasteiger charge is 2.76. The number of aliphatic carboxylic acids is 1.